The first-order chi connectivity index (χ1) is 13.9. The van der Waals surface area contributed by atoms with Gasteiger partial charge >= 0.3 is 0 Å². The number of nitrogens with zero attached hydrogens (tertiary/aromatic N) is 1. The van der Waals surface area contributed by atoms with E-state index in [1.54, 1.807) is 36.9 Å². The van der Waals surface area contributed by atoms with E-state index in [2.05, 4.69) is 5.32 Å². The van der Waals surface area contributed by atoms with Crippen molar-refractivity contribution in [1.82, 2.24) is 10.2 Å². The van der Waals surface area contributed by atoms with Gasteiger partial charge in [-0.2, -0.15) is 0 Å². The Morgan fingerprint density at radius 2 is 1.69 bits per heavy atom. The fraction of sp³-hybridized carbons (Fsp3) is 0.391. The third kappa shape index (κ3) is 7.54. The highest BCUT2D eigenvalue weighted by Crippen LogP contribution is 2.20. The van der Waals surface area contributed by atoms with Gasteiger partial charge in [-0.1, -0.05) is 50.2 Å². The highest BCUT2D eigenvalue weighted by Gasteiger charge is 2.26. The van der Waals surface area contributed by atoms with Gasteiger partial charge in [-0.05, 0) is 31.0 Å². The molecule has 0 heterocycles. The van der Waals surface area contributed by atoms with E-state index >= 15 is 0 Å². The Morgan fingerprint density at radius 3 is 2.34 bits per heavy atom. The minimum absolute atomic E-state index is 0.0672. The Labute approximate surface area is 176 Å². The molecule has 6 heteroatoms. The van der Waals surface area contributed by atoms with Crippen LogP contribution >= 0.6 is 11.8 Å². The van der Waals surface area contributed by atoms with Crippen LogP contribution in [0.25, 0.3) is 0 Å². The summed E-state index contributed by atoms with van der Waals surface area (Å²) >= 11 is 1.59. The summed E-state index contributed by atoms with van der Waals surface area (Å²) in [6, 6.07) is 15.5. The number of hydrogen-bond acceptors (Lipinski definition) is 3. The molecule has 2 aromatic carbocycles. The maximum atomic E-state index is 14.2. The lowest BCUT2D eigenvalue weighted by molar-refractivity contribution is -0.140. The molecular formula is C23H29FN2O2S. The molecule has 0 aliphatic rings. The fourth-order valence-corrected chi connectivity index (χ4v) is 3.62. The number of halogens is 1. The molecule has 0 aliphatic heterocycles. The second-order valence-corrected chi connectivity index (χ2v) is 8.51. The maximum Gasteiger partial charge on any atom is 0.242 e. The van der Waals surface area contributed by atoms with Crippen molar-refractivity contribution >= 4 is 23.6 Å². The minimum Gasteiger partial charge on any atom is -0.354 e. The van der Waals surface area contributed by atoms with E-state index in [0.717, 1.165) is 4.90 Å². The monoisotopic (exact) mass is 416 g/mol. The average molecular weight is 417 g/mol. The summed E-state index contributed by atoms with van der Waals surface area (Å²) in [4.78, 5) is 28.1. The van der Waals surface area contributed by atoms with E-state index in [1.807, 2.05) is 44.2 Å². The Bertz CT molecular complexity index is 798. The third-order valence-electron chi connectivity index (χ3n) is 4.48. The first kappa shape index (κ1) is 22.9. The van der Waals surface area contributed by atoms with Crippen molar-refractivity contribution in [1.29, 1.82) is 0 Å². The summed E-state index contributed by atoms with van der Waals surface area (Å²) in [5.41, 5.74) is 0.403. The molecule has 0 bridgehead atoms. The summed E-state index contributed by atoms with van der Waals surface area (Å²) in [6.07, 6.45) is 0.274. The van der Waals surface area contributed by atoms with Crippen LogP contribution in [0.5, 0.6) is 0 Å². The fourth-order valence-electron chi connectivity index (χ4n) is 2.76. The van der Waals surface area contributed by atoms with Gasteiger partial charge in [0.1, 0.15) is 11.9 Å². The second-order valence-electron chi connectivity index (χ2n) is 7.34. The van der Waals surface area contributed by atoms with E-state index in [4.69, 9.17) is 0 Å². The van der Waals surface area contributed by atoms with Gasteiger partial charge in [0.15, 0.2) is 0 Å². The van der Waals surface area contributed by atoms with Crippen LogP contribution in [-0.4, -0.2) is 35.1 Å². The molecule has 2 rings (SSSR count). The molecular weight excluding hydrogens is 387 g/mol. The van der Waals surface area contributed by atoms with Gasteiger partial charge in [-0.15, -0.1) is 11.8 Å². The van der Waals surface area contributed by atoms with E-state index in [0.29, 0.717) is 23.8 Å². The van der Waals surface area contributed by atoms with Gasteiger partial charge in [0.05, 0.1) is 0 Å². The number of amides is 2. The third-order valence-corrected chi connectivity index (χ3v) is 5.49. The molecule has 0 aromatic heterocycles. The summed E-state index contributed by atoms with van der Waals surface area (Å²) < 4.78 is 14.2. The van der Waals surface area contributed by atoms with Crippen LogP contribution in [-0.2, 0) is 16.1 Å². The molecule has 2 amide bonds. The first-order valence-corrected chi connectivity index (χ1v) is 10.9. The van der Waals surface area contributed by atoms with Gasteiger partial charge < -0.3 is 10.2 Å². The molecule has 29 heavy (non-hydrogen) atoms. The Hall–Kier alpha value is -2.34. The number of carbonyl (C=O) groups is 2. The van der Waals surface area contributed by atoms with Crippen LogP contribution in [0.3, 0.4) is 0 Å². The topological polar surface area (TPSA) is 49.4 Å². The average Bonchev–Trinajstić information content (AvgIpc) is 2.71. The predicted molar refractivity (Wildman–Crippen MR) is 116 cm³/mol. The second kappa shape index (κ2) is 11.6. The number of nitrogens with one attached hydrogen (secondary N) is 1. The van der Waals surface area contributed by atoms with Crippen molar-refractivity contribution in [3.8, 4) is 0 Å². The number of benzene rings is 2. The van der Waals surface area contributed by atoms with Crippen molar-refractivity contribution < 1.29 is 14.0 Å². The molecule has 0 radical (unpaired) electrons. The largest absolute Gasteiger partial charge is 0.354 e. The van der Waals surface area contributed by atoms with E-state index in [1.165, 1.54) is 11.0 Å². The van der Waals surface area contributed by atoms with Gasteiger partial charge in [0.2, 0.25) is 11.8 Å². The van der Waals surface area contributed by atoms with Gasteiger partial charge in [-0.3, -0.25) is 9.59 Å². The first-order valence-electron chi connectivity index (χ1n) is 9.87. The molecule has 2 aromatic rings. The highest BCUT2D eigenvalue weighted by molar-refractivity contribution is 7.99. The molecule has 0 saturated heterocycles. The number of carbonyl (C=O) groups excluding carboxylic acids is 2. The van der Waals surface area contributed by atoms with Crippen LogP contribution in [0.2, 0.25) is 0 Å². The zero-order valence-corrected chi connectivity index (χ0v) is 18.0. The molecule has 4 nitrogen and oxygen atoms in total. The maximum absolute atomic E-state index is 14.2. The van der Waals surface area contributed by atoms with Crippen molar-refractivity contribution in [3.63, 3.8) is 0 Å². The zero-order valence-electron chi connectivity index (χ0n) is 17.2. The lowest BCUT2D eigenvalue weighted by Crippen LogP contribution is -2.48. The summed E-state index contributed by atoms with van der Waals surface area (Å²) in [5, 5.41) is 2.87. The summed E-state index contributed by atoms with van der Waals surface area (Å²) in [6.45, 7) is 6.31. The smallest absolute Gasteiger partial charge is 0.242 e. The van der Waals surface area contributed by atoms with Gasteiger partial charge in [-0.25, -0.2) is 4.39 Å². The molecule has 0 unspecified atom stereocenters. The van der Waals surface area contributed by atoms with E-state index < -0.39 is 6.04 Å². The van der Waals surface area contributed by atoms with Crippen LogP contribution in [0.1, 0.15) is 32.8 Å². The van der Waals surface area contributed by atoms with Crippen molar-refractivity contribution in [3.05, 3.63) is 66.0 Å². The molecule has 0 fully saturated rings. The Morgan fingerprint density at radius 1 is 1.03 bits per heavy atom. The Balaban J connectivity index is 2.06. The van der Waals surface area contributed by atoms with Crippen molar-refractivity contribution in [2.45, 2.75) is 44.7 Å². The molecule has 0 saturated carbocycles. The van der Waals surface area contributed by atoms with E-state index in [9.17, 15) is 14.0 Å². The van der Waals surface area contributed by atoms with Crippen LogP contribution in [0.15, 0.2) is 59.5 Å². The molecule has 0 aliphatic carbocycles. The quantitative estimate of drug-likeness (QED) is 0.580. The van der Waals surface area contributed by atoms with Crippen molar-refractivity contribution in [2.24, 2.45) is 5.92 Å². The number of hydrogen-bond donors (Lipinski definition) is 1. The van der Waals surface area contributed by atoms with Crippen LogP contribution in [0.4, 0.5) is 4.39 Å². The SMILES string of the molecule is CC(C)CNC(=O)[C@H](C)N(Cc1ccccc1F)C(=O)CCSc1ccccc1. The number of rotatable bonds is 10. The van der Waals surface area contributed by atoms with E-state index in [-0.39, 0.29) is 30.6 Å². The minimum atomic E-state index is -0.678. The normalized spacial score (nSPS) is 11.9. The van der Waals surface area contributed by atoms with Crippen LogP contribution in [0, 0.1) is 11.7 Å². The summed E-state index contributed by atoms with van der Waals surface area (Å²) in [5.74, 6) is 0.141. The zero-order chi connectivity index (χ0) is 21.2. The highest BCUT2D eigenvalue weighted by atomic mass is 32.2. The lowest BCUT2D eigenvalue weighted by atomic mass is 10.1. The molecule has 0 spiro atoms. The standard InChI is InChI=1S/C23H29FN2O2S/c1-17(2)15-25-23(28)18(3)26(16-19-9-7-8-12-21(19)24)22(27)13-14-29-20-10-5-4-6-11-20/h4-12,17-18H,13-16H2,1-3H3,(H,25,28)/t18-/m0/s1. The number of thioether (sulfide) groups is 1. The predicted octanol–water partition coefficient (Wildman–Crippen LogP) is 4.50. The van der Waals surface area contributed by atoms with Crippen molar-refractivity contribution in [2.75, 3.05) is 12.3 Å². The molecule has 1 atom stereocenters. The van der Waals surface area contributed by atoms with Gasteiger partial charge in [0.25, 0.3) is 0 Å². The Kier molecular flexibility index (Phi) is 9.19. The molecule has 156 valence electrons. The lowest BCUT2D eigenvalue weighted by Gasteiger charge is -2.29. The summed E-state index contributed by atoms with van der Waals surface area (Å²) in [7, 11) is 0. The molecule has 1 N–H and O–H groups in total. The van der Waals surface area contributed by atoms with Crippen LogP contribution < -0.4 is 5.32 Å². The van der Waals surface area contributed by atoms with Gasteiger partial charge in [0, 0.05) is 35.7 Å².